The number of nitrogens with zero attached hydrogens (tertiary/aromatic N) is 1. The van der Waals surface area contributed by atoms with Gasteiger partial charge in [-0.15, -0.1) is 0 Å². The Morgan fingerprint density at radius 3 is 2.19 bits per heavy atom. The predicted octanol–water partition coefficient (Wildman–Crippen LogP) is 4.08. The first kappa shape index (κ1) is 19.5. The Bertz CT molecular complexity index is 749. The molecule has 26 heavy (non-hydrogen) atoms. The maximum atomic E-state index is 12.3. The van der Waals surface area contributed by atoms with E-state index in [-0.39, 0.29) is 18.2 Å². The van der Waals surface area contributed by atoms with Crippen LogP contribution in [0.3, 0.4) is 0 Å². The molecular weight excluding hydrogens is 328 g/mol. The quantitative estimate of drug-likeness (QED) is 0.815. The molecule has 0 atom stereocenters. The second kappa shape index (κ2) is 9.04. The van der Waals surface area contributed by atoms with Crippen molar-refractivity contribution in [3.63, 3.8) is 0 Å². The van der Waals surface area contributed by atoms with Crippen molar-refractivity contribution in [2.45, 2.75) is 34.1 Å². The van der Waals surface area contributed by atoms with Gasteiger partial charge in [0.25, 0.3) is 0 Å². The predicted molar refractivity (Wildman–Crippen MR) is 105 cm³/mol. The molecule has 0 bridgehead atoms. The molecule has 5 heteroatoms. The molecule has 0 saturated carbocycles. The Balaban J connectivity index is 2.00. The summed E-state index contributed by atoms with van der Waals surface area (Å²) in [6.45, 7) is 8.33. The van der Waals surface area contributed by atoms with Crippen molar-refractivity contribution < 1.29 is 14.3 Å². The fraction of sp³-hybridized carbons (Fsp3) is 0.333. The maximum Gasteiger partial charge on any atom is 0.226 e. The molecule has 0 heterocycles. The molecule has 0 radical (unpaired) electrons. The minimum atomic E-state index is -0.133. The van der Waals surface area contributed by atoms with E-state index < -0.39 is 0 Å². The molecule has 0 unspecified atom stereocenters. The molecule has 0 aliphatic carbocycles. The fourth-order valence-electron chi connectivity index (χ4n) is 2.90. The van der Waals surface area contributed by atoms with Crippen LogP contribution >= 0.6 is 0 Å². The van der Waals surface area contributed by atoms with Gasteiger partial charge in [0, 0.05) is 31.3 Å². The average Bonchev–Trinajstić information content (AvgIpc) is 2.59. The number of rotatable bonds is 7. The van der Waals surface area contributed by atoms with E-state index >= 15 is 0 Å². The van der Waals surface area contributed by atoms with Crippen LogP contribution in [0.15, 0.2) is 42.5 Å². The summed E-state index contributed by atoms with van der Waals surface area (Å²) in [5, 5.41) is 2.85. The molecule has 2 rings (SSSR count). The van der Waals surface area contributed by atoms with Crippen LogP contribution in [0.2, 0.25) is 0 Å². The lowest BCUT2D eigenvalue weighted by Crippen LogP contribution is -2.33. The lowest BCUT2D eigenvalue weighted by atomic mass is 10.1. The summed E-state index contributed by atoms with van der Waals surface area (Å²) in [5.74, 6) is 0.561. The van der Waals surface area contributed by atoms with Gasteiger partial charge in [0.15, 0.2) is 0 Å². The highest BCUT2D eigenvalue weighted by Crippen LogP contribution is 2.25. The van der Waals surface area contributed by atoms with Crippen LogP contribution in [0, 0.1) is 13.8 Å². The van der Waals surface area contributed by atoms with Crippen molar-refractivity contribution in [2.75, 3.05) is 23.4 Å². The van der Waals surface area contributed by atoms with E-state index in [4.69, 9.17) is 4.74 Å². The minimum absolute atomic E-state index is 0.0729. The highest BCUT2D eigenvalue weighted by molar-refractivity contribution is 5.95. The topological polar surface area (TPSA) is 58.6 Å². The van der Waals surface area contributed by atoms with Gasteiger partial charge in [0.05, 0.1) is 6.61 Å². The molecular formula is C21H26N2O3. The molecule has 5 nitrogen and oxygen atoms in total. The van der Waals surface area contributed by atoms with E-state index in [1.54, 1.807) is 17.0 Å². The van der Waals surface area contributed by atoms with Gasteiger partial charge >= 0.3 is 0 Å². The summed E-state index contributed by atoms with van der Waals surface area (Å²) >= 11 is 0. The van der Waals surface area contributed by atoms with E-state index in [0.29, 0.717) is 18.8 Å². The molecule has 1 N–H and O–H groups in total. The van der Waals surface area contributed by atoms with Crippen molar-refractivity contribution >= 4 is 23.2 Å². The van der Waals surface area contributed by atoms with E-state index in [1.807, 2.05) is 51.1 Å². The van der Waals surface area contributed by atoms with E-state index in [0.717, 1.165) is 22.6 Å². The molecule has 2 aromatic carbocycles. The zero-order chi connectivity index (χ0) is 19.1. The number of hydrogen-bond acceptors (Lipinski definition) is 3. The zero-order valence-corrected chi connectivity index (χ0v) is 15.8. The van der Waals surface area contributed by atoms with Crippen LogP contribution in [0.1, 0.15) is 31.4 Å². The highest BCUT2D eigenvalue weighted by atomic mass is 16.5. The molecule has 0 spiro atoms. The lowest BCUT2D eigenvalue weighted by Gasteiger charge is -2.25. The first-order valence-electron chi connectivity index (χ1n) is 8.79. The third-order valence-electron chi connectivity index (χ3n) is 4.10. The molecule has 2 aromatic rings. The molecule has 0 aromatic heterocycles. The highest BCUT2D eigenvalue weighted by Gasteiger charge is 2.17. The van der Waals surface area contributed by atoms with Crippen molar-refractivity contribution in [1.82, 2.24) is 0 Å². The first-order valence-corrected chi connectivity index (χ1v) is 8.79. The Morgan fingerprint density at radius 1 is 1.04 bits per heavy atom. The number of para-hydroxylation sites is 1. The average molecular weight is 354 g/mol. The summed E-state index contributed by atoms with van der Waals surface area (Å²) in [4.78, 5) is 26.0. The summed E-state index contributed by atoms with van der Waals surface area (Å²) in [6, 6.07) is 13.1. The van der Waals surface area contributed by atoms with Crippen molar-refractivity contribution in [2.24, 2.45) is 0 Å². The number of carbonyl (C=O) groups excluding carboxylic acids is 2. The standard InChI is InChI=1S/C21H26N2O3/c1-5-26-19-11-9-18(10-12-19)22-20(25)13-14-23(17(4)24)21-15(2)7-6-8-16(21)3/h6-12H,5,13-14H2,1-4H3,(H,22,25). The SMILES string of the molecule is CCOc1ccc(NC(=O)CCN(C(C)=O)c2c(C)cccc2C)cc1. The summed E-state index contributed by atoms with van der Waals surface area (Å²) in [7, 11) is 0. The van der Waals surface area contributed by atoms with Crippen molar-refractivity contribution in [1.29, 1.82) is 0 Å². The number of anilines is 2. The Kier molecular flexibility index (Phi) is 6.78. The van der Waals surface area contributed by atoms with Crippen molar-refractivity contribution in [3.05, 3.63) is 53.6 Å². The number of benzene rings is 2. The van der Waals surface area contributed by atoms with Gasteiger partial charge in [-0.1, -0.05) is 18.2 Å². The lowest BCUT2D eigenvalue weighted by molar-refractivity contribution is -0.117. The molecule has 0 aliphatic heterocycles. The summed E-state index contributed by atoms with van der Waals surface area (Å²) in [6.07, 6.45) is 0.223. The first-order chi connectivity index (χ1) is 12.4. The van der Waals surface area contributed by atoms with Gasteiger partial charge in [-0.3, -0.25) is 9.59 Å². The molecule has 0 fully saturated rings. The summed E-state index contributed by atoms with van der Waals surface area (Å²) in [5.41, 5.74) is 3.63. The molecule has 0 saturated heterocycles. The Morgan fingerprint density at radius 2 is 1.65 bits per heavy atom. The number of carbonyl (C=O) groups is 2. The monoisotopic (exact) mass is 354 g/mol. The third-order valence-corrected chi connectivity index (χ3v) is 4.10. The van der Waals surface area contributed by atoms with E-state index in [1.165, 1.54) is 6.92 Å². The van der Waals surface area contributed by atoms with Crippen molar-refractivity contribution in [3.8, 4) is 5.75 Å². The van der Waals surface area contributed by atoms with Crippen LogP contribution in [-0.4, -0.2) is 25.0 Å². The van der Waals surface area contributed by atoms with Crippen LogP contribution in [0.25, 0.3) is 0 Å². The number of amides is 2. The molecule has 0 aliphatic rings. The normalized spacial score (nSPS) is 10.3. The molecule has 2 amide bonds. The number of aryl methyl sites for hydroxylation is 2. The minimum Gasteiger partial charge on any atom is -0.494 e. The number of ether oxygens (including phenoxy) is 1. The second-order valence-electron chi connectivity index (χ2n) is 6.17. The fourth-order valence-corrected chi connectivity index (χ4v) is 2.90. The van der Waals surface area contributed by atoms with Gasteiger partial charge in [0.1, 0.15) is 5.75 Å². The number of hydrogen-bond donors (Lipinski definition) is 1. The van der Waals surface area contributed by atoms with Crippen LogP contribution in [0.5, 0.6) is 5.75 Å². The van der Waals surface area contributed by atoms with Crippen LogP contribution in [0.4, 0.5) is 11.4 Å². The van der Waals surface area contributed by atoms with Gasteiger partial charge < -0.3 is 15.0 Å². The van der Waals surface area contributed by atoms with E-state index in [2.05, 4.69) is 5.32 Å². The second-order valence-corrected chi connectivity index (χ2v) is 6.17. The Labute approximate surface area is 155 Å². The Hall–Kier alpha value is -2.82. The van der Waals surface area contributed by atoms with Gasteiger partial charge in [-0.2, -0.15) is 0 Å². The van der Waals surface area contributed by atoms with Crippen LogP contribution < -0.4 is 15.0 Å². The van der Waals surface area contributed by atoms with Crippen LogP contribution in [-0.2, 0) is 9.59 Å². The zero-order valence-electron chi connectivity index (χ0n) is 15.8. The van der Waals surface area contributed by atoms with Gasteiger partial charge in [-0.05, 0) is 56.2 Å². The van der Waals surface area contributed by atoms with Gasteiger partial charge in [0.2, 0.25) is 11.8 Å². The largest absolute Gasteiger partial charge is 0.494 e. The van der Waals surface area contributed by atoms with Gasteiger partial charge in [-0.25, -0.2) is 0 Å². The summed E-state index contributed by atoms with van der Waals surface area (Å²) < 4.78 is 5.39. The van der Waals surface area contributed by atoms with E-state index in [9.17, 15) is 9.59 Å². The smallest absolute Gasteiger partial charge is 0.226 e. The molecule has 138 valence electrons. The number of nitrogens with one attached hydrogen (secondary N) is 1. The maximum absolute atomic E-state index is 12.3. The third kappa shape index (κ3) is 5.09.